The third-order valence-corrected chi connectivity index (χ3v) is 4.89. The average molecular weight is 292 g/mol. The van der Waals surface area contributed by atoms with E-state index in [4.69, 9.17) is 5.73 Å². The number of carbonyl (C=O) groups is 1. The number of rotatable bonds is 2. The van der Waals surface area contributed by atoms with Crippen molar-refractivity contribution in [2.45, 2.75) is 56.3 Å². The summed E-state index contributed by atoms with van der Waals surface area (Å²) in [5.74, 6) is -0.467. The molecule has 2 saturated heterocycles. The molecule has 0 aromatic heterocycles. The molecule has 0 saturated carbocycles. The summed E-state index contributed by atoms with van der Waals surface area (Å²) in [5.41, 5.74) is 5.16. The summed E-state index contributed by atoms with van der Waals surface area (Å²) in [7, 11) is 0. The molecular weight excluding hydrogens is 271 g/mol. The molecule has 2 fully saturated rings. The Hall–Kier alpha value is -1.46. The molecule has 1 aromatic rings. The maximum atomic E-state index is 13.6. The lowest BCUT2D eigenvalue weighted by Gasteiger charge is -2.39. The van der Waals surface area contributed by atoms with Crippen LogP contribution in [0.1, 0.15) is 38.7 Å². The van der Waals surface area contributed by atoms with E-state index in [0.717, 1.165) is 5.56 Å². The van der Waals surface area contributed by atoms with Crippen molar-refractivity contribution < 1.29 is 14.3 Å². The average Bonchev–Trinajstić information content (AvgIpc) is 2.87. The normalized spacial score (nSPS) is 32.6. The van der Waals surface area contributed by atoms with E-state index in [1.54, 1.807) is 24.8 Å². The predicted octanol–water partition coefficient (Wildman–Crippen LogP) is 1.51. The number of nitrogens with two attached hydrogens (primary N) is 1. The van der Waals surface area contributed by atoms with Crippen molar-refractivity contribution in [3.63, 3.8) is 0 Å². The Balaban J connectivity index is 2.10. The van der Waals surface area contributed by atoms with Gasteiger partial charge in [0.15, 0.2) is 0 Å². The summed E-state index contributed by atoms with van der Waals surface area (Å²) in [6.45, 7) is 3.41. The number of aliphatic hydroxyl groups is 1. The van der Waals surface area contributed by atoms with Gasteiger partial charge in [-0.15, -0.1) is 0 Å². The molecule has 114 valence electrons. The summed E-state index contributed by atoms with van der Waals surface area (Å²) in [4.78, 5) is 14.2. The summed E-state index contributed by atoms with van der Waals surface area (Å²) >= 11 is 0. The van der Waals surface area contributed by atoms with Crippen molar-refractivity contribution in [3.05, 3.63) is 35.6 Å². The van der Waals surface area contributed by atoms with Crippen molar-refractivity contribution >= 4 is 5.91 Å². The lowest BCUT2D eigenvalue weighted by Crippen LogP contribution is -2.52. The van der Waals surface area contributed by atoms with Crippen molar-refractivity contribution in [2.24, 2.45) is 5.73 Å². The topological polar surface area (TPSA) is 66.6 Å². The SMILES string of the molecule is CC(C)(O)[C@H]1CC[C@]2(c3cccc(F)c3)C[C@H](N)C(=O)N12. The number of carbonyl (C=O) groups excluding carboxylic acids is 1. The third-order valence-electron chi connectivity index (χ3n) is 4.89. The first kappa shape index (κ1) is 14.5. The van der Waals surface area contributed by atoms with E-state index in [-0.39, 0.29) is 17.8 Å². The highest BCUT2D eigenvalue weighted by molar-refractivity contribution is 5.86. The van der Waals surface area contributed by atoms with Gasteiger partial charge in [0.25, 0.3) is 0 Å². The predicted molar refractivity (Wildman–Crippen MR) is 76.8 cm³/mol. The Labute approximate surface area is 123 Å². The molecule has 2 aliphatic rings. The smallest absolute Gasteiger partial charge is 0.240 e. The van der Waals surface area contributed by atoms with E-state index in [0.29, 0.717) is 19.3 Å². The number of nitrogens with zero attached hydrogens (tertiary/aromatic N) is 1. The van der Waals surface area contributed by atoms with E-state index in [1.807, 2.05) is 6.07 Å². The van der Waals surface area contributed by atoms with Crippen LogP contribution in [0.15, 0.2) is 24.3 Å². The number of hydrogen-bond acceptors (Lipinski definition) is 3. The van der Waals surface area contributed by atoms with E-state index < -0.39 is 17.2 Å². The Morgan fingerprint density at radius 1 is 1.48 bits per heavy atom. The fraction of sp³-hybridized carbons (Fsp3) is 0.562. The molecule has 0 bridgehead atoms. The fourth-order valence-electron chi connectivity index (χ4n) is 3.97. The summed E-state index contributed by atoms with van der Waals surface area (Å²) in [6, 6.07) is 5.49. The van der Waals surface area contributed by atoms with E-state index >= 15 is 0 Å². The molecule has 3 N–H and O–H groups in total. The van der Waals surface area contributed by atoms with Gasteiger partial charge in [-0.25, -0.2) is 4.39 Å². The molecule has 1 aromatic carbocycles. The Kier molecular flexibility index (Phi) is 3.11. The molecule has 1 amide bonds. The minimum atomic E-state index is -1.01. The zero-order valence-electron chi connectivity index (χ0n) is 12.3. The van der Waals surface area contributed by atoms with Crippen LogP contribution in [0.3, 0.4) is 0 Å². The summed E-state index contributed by atoms with van der Waals surface area (Å²) < 4.78 is 13.6. The Bertz CT molecular complexity index is 584. The second kappa shape index (κ2) is 4.52. The van der Waals surface area contributed by atoms with Crippen molar-refractivity contribution in [3.8, 4) is 0 Å². The van der Waals surface area contributed by atoms with Crippen LogP contribution >= 0.6 is 0 Å². The number of benzene rings is 1. The highest BCUT2D eigenvalue weighted by Crippen LogP contribution is 2.51. The second-order valence-corrected chi connectivity index (χ2v) is 6.77. The van der Waals surface area contributed by atoms with Gasteiger partial charge in [-0.3, -0.25) is 4.79 Å². The van der Waals surface area contributed by atoms with Gasteiger partial charge in [0.1, 0.15) is 5.82 Å². The molecule has 4 nitrogen and oxygen atoms in total. The molecule has 0 unspecified atom stereocenters. The summed E-state index contributed by atoms with van der Waals surface area (Å²) in [6.07, 6.45) is 1.87. The van der Waals surface area contributed by atoms with Crippen LogP contribution in [0.25, 0.3) is 0 Å². The Morgan fingerprint density at radius 3 is 2.81 bits per heavy atom. The van der Waals surface area contributed by atoms with Gasteiger partial charge in [0, 0.05) is 0 Å². The van der Waals surface area contributed by atoms with Gasteiger partial charge in [-0.2, -0.15) is 0 Å². The molecule has 3 atom stereocenters. The molecule has 2 heterocycles. The van der Waals surface area contributed by atoms with Crippen molar-refractivity contribution in [2.75, 3.05) is 0 Å². The molecule has 0 spiro atoms. The minimum absolute atomic E-state index is 0.149. The van der Waals surface area contributed by atoms with E-state index in [2.05, 4.69) is 0 Å². The largest absolute Gasteiger partial charge is 0.388 e. The van der Waals surface area contributed by atoms with Crippen LogP contribution in [0.2, 0.25) is 0 Å². The van der Waals surface area contributed by atoms with Gasteiger partial charge in [-0.05, 0) is 50.8 Å². The van der Waals surface area contributed by atoms with Crippen LogP contribution in [-0.2, 0) is 10.3 Å². The maximum absolute atomic E-state index is 13.6. The molecule has 3 rings (SSSR count). The molecule has 5 heteroatoms. The Morgan fingerprint density at radius 2 is 2.19 bits per heavy atom. The van der Waals surface area contributed by atoms with Gasteiger partial charge >= 0.3 is 0 Å². The highest BCUT2D eigenvalue weighted by Gasteiger charge is 2.59. The monoisotopic (exact) mass is 292 g/mol. The fourth-order valence-corrected chi connectivity index (χ4v) is 3.97. The number of amides is 1. The third kappa shape index (κ3) is 2.07. The molecule has 2 aliphatic heterocycles. The zero-order chi connectivity index (χ0) is 15.4. The molecular formula is C16H21FN2O2. The van der Waals surface area contributed by atoms with E-state index in [1.165, 1.54) is 12.1 Å². The van der Waals surface area contributed by atoms with Crippen molar-refractivity contribution in [1.29, 1.82) is 0 Å². The molecule has 21 heavy (non-hydrogen) atoms. The second-order valence-electron chi connectivity index (χ2n) is 6.77. The van der Waals surface area contributed by atoms with Gasteiger partial charge < -0.3 is 15.7 Å². The van der Waals surface area contributed by atoms with E-state index in [9.17, 15) is 14.3 Å². The van der Waals surface area contributed by atoms with Crippen molar-refractivity contribution in [1.82, 2.24) is 4.90 Å². The van der Waals surface area contributed by atoms with Gasteiger partial charge in [-0.1, -0.05) is 12.1 Å². The number of fused-ring (bicyclic) bond motifs is 1. The lowest BCUT2D eigenvalue weighted by atomic mass is 9.85. The highest BCUT2D eigenvalue weighted by atomic mass is 19.1. The zero-order valence-corrected chi connectivity index (χ0v) is 12.3. The van der Waals surface area contributed by atoms with Crippen LogP contribution < -0.4 is 5.73 Å². The standard InChI is InChI=1S/C16H21FN2O2/c1-15(2,21)13-6-7-16(9-12(18)14(20)19(13)16)10-4-3-5-11(17)8-10/h3-5,8,12-13,21H,6-7,9,18H2,1-2H3/t12-,13+,16+/m0/s1. The van der Waals surface area contributed by atoms with Crippen LogP contribution in [0.4, 0.5) is 4.39 Å². The number of halogens is 1. The first-order valence-corrected chi connectivity index (χ1v) is 7.33. The molecule has 0 radical (unpaired) electrons. The summed E-state index contributed by atoms with van der Waals surface area (Å²) in [5, 5.41) is 10.4. The van der Waals surface area contributed by atoms with Gasteiger partial charge in [0.05, 0.1) is 23.2 Å². The van der Waals surface area contributed by atoms with Crippen LogP contribution in [-0.4, -0.2) is 33.6 Å². The minimum Gasteiger partial charge on any atom is -0.388 e. The number of hydrogen-bond donors (Lipinski definition) is 2. The van der Waals surface area contributed by atoms with Gasteiger partial charge in [0.2, 0.25) is 5.91 Å². The lowest BCUT2D eigenvalue weighted by molar-refractivity contribution is -0.138. The van der Waals surface area contributed by atoms with Crippen LogP contribution in [0.5, 0.6) is 0 Å². The maximum Gasteiger partial charge on any atom is 0.240 e. The first-order valence-electron chi connectivity index (χ1n) is 7.33. The molecule has 0 aliphatic carbocycles. The quantitative estimate of drug-likeness (QED) is 0.868. The first-order chi connectivity index (χ1) is 9.75. The van der Waals surface area contributed by atoms with Crippen LogP contribution in [0, 0.1) is 5.82 Å².